The summed E-state index contributed by atoms with van der Waals surface area (Å²) in [6.07, 6.45) is 0.868. The van der Waals surface area contributed by atoms with E-state index in [2.05, 4.69) is 0 Å². The zero-order chi connectivity index (χ0) is 14.7. The second kappa shape index (κ2) is 5.60. The van der Waals surface area contributed by atoms with Gasteiger partial charge in [0.15, 0.2) is 0 Å². The Balaban J connectivity index is 2.41. The molecule has 1 aromatic heterocycles. The van der Waals surface area contributed by atoms with Gasteiger partial charge in [0.2, 0.25) is 5.82 Å². The normalized spacial score (nSPS) is 10.3. The number of rotatable bonds is 4. The van der Waals surface area contributed by atoms with Crippen LogP contribution >= 0.6 is 0 Å². The van der Waals surface area contributed by atoms with Crippen molar-refractivity contribution in [3.63, 3.8) is 0 Å². The molecule has 2 aromatic rings. The number of hydrogen-bond donors (Lipinski definition) is 1. The summed E-state index contributed by atoms with van der Waals surface area (Å²) in [6, 6.07) is 5.07. The van der Waals surface area contributed by atoms with Gasteiger partial charge in [0.1, 0.15) is 11.5 Å². The van der Waals surface area contributed by atoms with Crippen LogP contribution in [0.1, 0.15) is 5.56 Å². The van der Waals surface area contributed by atoms with Crippen LogP contribution in [0.4, 0.5) is 4.39 Å². The van der Waals surface area contributed by atoms with E-state index < -0.39 is 17.1 Å². The molecule has 2 rings (SSSR count). The monoisotopic (exact) mass is 280 g/mol. The van der Waals surface area contributed by atoms with Crippen LogP contribution in [0.3, 0.4) is 0 Å². The average Bonchev–Trinajstić information content (AvgIpc) is 2.44. The maximum Gasteiger partial charge on any atom is 0.328 e. The summed E-state index contributed by atoms with van der Waals surface area (Å²) >= 11 is 0. The van der Waals surface area contributed by atoms with E-state index in [0.717, 1.165) is 10.8 Å². The average molecular weight is 280 g/mol. The predicted octanol–water partition coefficient (Wildman–Crippen LogP) is 0.741. The number of aromatic amines is 1. The molecule has 0 saturated carbocycles. The summed E-state index contributed by atoms with van der Waals surface area (Å²) < 4.78 is 24.5. The molecule has 1 heterocycles. The van der Waals surface area contributed by atoms with E-state index in [1.807, 2.05) is 4.98 Å². The number of benzene rings is 1. The Morgan fingerprint density at radius 2 is 1.75 bits per heavy atom. The molecule has 0 atom stereocenters. The largest absolute Gasteiger partial charge is 0.497 e. The Morgan fingerprint density at radius 1 is 1.15 bits per heavy atom. The number of nitrogens with one attached hydrogen (secondary N) is 1. The first-order valence-electron chi connectivity index (χ1n) is 5.74. The molecule has 0 radical (unpaired) electrons. The van der Waals surface area contributed by atoms with Gasteiger partial charge in [-0.1, -0.05) is 0 Å². The smallest absolute Gasteiger partial charge is 0.328 e. The minimum atomic E-state index is -1.03. The zero-order valence-corrected chi connectivity index (χ0v) is 11.0. The van der Waals surface area contributed by atoms with Crippen molar-refractivity contribution in [2.45, 2.75) is 6.54 Å². The molecule has 1 N–H and O–H groups in total. The van der Waals surface area contributed by atoms with Crippen molar-refractivity contribution in [3.8, 4) is 11.5 Å². The molecule has 0 aliphatic rings. The number of nitrogens with zero attached hydrogens (tertiary/aromatic N) is 1. The lowest BCUT2D eigenvalue weighted by atomic mass is 10.2. The number of aromatic nitrogens is 2. The second-order valence-electron chi connectivity index (χ2n) is 4.09. The first-order valence-corrected chi connectivity index (χ1v) is 5.74. The van der Waals surface area contributed by atoms with Crippen LogP contribution in [0.2, 0.25) is 0 Å². The fraction of sp³-hybridized carbons (Fsp3) is 0.231. The summed E-state index contributed by atoms with van der Waals surface area (Å²) in [4.78, 5) is 24.4. The van der Waals surface area contributed by atoms with Gasteiger partial charge in [0.25, 0.3) is 5.56 Å². The molecule has 0 amide bonds. The molecule has 0 unspecified atom stereocenters. The van der Waals surface area contributed by atoms with Crippen LogP contribution in [-0.4, -0.2) is 23.8 Å². The molecule has 7 heteroatoms. The maximum atomic E-state index is 13.2. The first-order chi connectivity index (χ1) is 9.53. The molecule has 0 fully saturated rings. The van der Waals surface area contributed by atoms with Crippen LogP contribution < -0.4 is 20.7 Å². The third kappa shape index (κ3) is 2.87. The summed E-state index contributed by atoms with van der Waals surface area (Å²) in [5, 5.41) is 0. The number of H-pyrrole nitrogens is 1. The highest BCUT2D eigenvalue weighted by Gasteiger charge is 2.07. The summed E-state index contributed by atoms with van der Waals surface area (Å²) in [5.74, 6) is 0.0917. The minimum absolute atomic E-state index is 0.0834. The van der Waals surface area contributed by atoms with Crippen LogP contribution in [0.5, 0.6) is 11.5 Å². The zero-order valence-electron chi connectivity index (χ0n) is 11.0. The van der Waals surface area contributed by atoms with Crippen LogP contribution in [0.25, 0.3) is 0 Å². The van der Waals surface area contributed by atoms with Gasteiger partial charge < -0.3 is 9.47 Å². The van der Waals surface area contributed by atoms with Crippen LogP contribution in [0, 0.1) is 5.82 Å². The van der Waals surface area contributed by atoms with Crippen molar-refractivity contribution in [2.75, 3.05) is 14.2 Å². The summed E-state index contributed by atoms with van der Waals surface area (Å²) in [7, 11) is 3.01. The molecule has 0 saturated heterocycles. The second-order valence-corrected chi connectivity index (χ2v) is 4.09. The quantitative estimate of drug-likeness (QED) is 0.896. The van der Waals surface area contributed by atoms with E-state index in [1.54, 1.807) is 18.2 Å². The number of ether oxygens (including phenoxy) is 2. The Kier molecular flexibility index (Phi) is 3.88. The SMILES string of the molecule is COc1cc(Cn2cc(F)c(=O)[nH]c2=O)cc(OC)c1. The highest BCUT2D eigenvalue weighted by Crippen LogP contribution is 2.22. The Bertz CT molecular complexity index is 714. The molecular formula is C13H13FN2O4. The van der Waals surface area contributed by atoms with Gasteiger partial charge in [-0.25, -0.2) is 4.79 Å². The van der Waals surface area contributed by atoms with Crippen molar-refractivity contribution in [1.82, 2.24) is 9.55 Å². The highest BCUT2D eigenvalue weighted by molar-refractivity contribution is 5.38. The predicted molar refractivity (Wildman–Crippen MR) is 69.9 cm³/mol. The van der Waals surface area contributed by atoms with Crippen LogP contribution in [0.15, 0.2) is 34.0 Å². The molecule has 0 spiro atoms. The fourth-order valence-corrected chi connectivity index (χ4v) is 1.75. The number of halogens is 1. The lowest BCUT2D eigenvalue weighted by Gasteiger charge is -2.09. The molecule has 1 aromatic carbocycles. The van der Waals surface area contributed by atoms with Gasteiger partial charge >= 0.3 is 5.69 Å². The third-order valence-electron chi connectivity index (χ3n) is 2.73. The molecule has 106 valence electrons. The van der Waals surface area contributed by atoms with Crippen molar-refractivity contribution in [3.05, 3.63) is 56.6 Å². The molecule has 0 aliphatic carbocycles. The Labute approximate surface area is 113 Å². The van der Waals surface area contributed by atoms with E-state index in [1.165, 1.54) is 14.2 Å². The van der Waals surface area contributed by atoms with Gasteiger partial charge in [-0.3, -0.25) is 14.3 Å². The number of hydrogen-bond acceptors (Lipinski definition) is 4. The van der Waals surface area contributed by atoms with Gasteiger partial charge in [0, 0.05) is 6.07 Å². The molecule has 20 heavy (non-hydrogen) atoms. The van der Waals surface area contributed by atoms with E-state index >= 15 is 0 Å². The van der Waals surface area contributed by atoms with Gasteiger partial charge in [0.05, 0.1) is 27.0 Å². The highest BCUT2D eigenvalue weighted by atomic mass is 19.1. The number of methoxy groups -OCH3 is 2. The minimum Gasteiger partial charge on any atom is -0.497 e. The van der Waals surface area contributed by atoms with Crippen molar-refractivity contribution in [1.29, 1.82) is 0 Å². The topological polar surface area (TPSA) is 73.3 Å². The summed E-state index contributed by atoms with van der Waals surface area (Å²) in [6.45, 7) is 0.0834. The summed E-state index contributed by atoms with van der Waals surface area (Å²) in [5.41, 5.74) is -1.04. The van der Waals surface area contributed by atoms with E-state index in [0.29, 0.717) is 17.1 Å². The molecule has 0 bridgehead atoms. The third-order valence-corrected chi connectivity index (χ3v) is 2.73. The van der Waals surface area contributed by atoms with Crippen LogP contribution in [-0.2, 0) is 6.54 Å². The van der Waals surface area contributed by atoms with E-state index in [9.17, 15) is 14.0 Å². The van der Waals surface area contributed by atoms with Gasteiger partial charge in [-0.15, -0.1) is 0 Å². The van der Waals surface area contributed by atoms with Gasteiger partial charge in [-0.2, -0.15) is 4.39 Å². The lowest BCUT2D eigenvalue weighted by molar-refractivity contribution is 0.393. The van der Waals surface area contributed by atoms with E-state index in [4.69, 9.17) is 9.47 Å². The maximum absolute atomic E-state index is 13.2. The fourth-order valence-electron chi connectivity index (χ4n) is 1.75. The van der Waals surface area contributed by atoms with Crippen molar-refractivity contribution in [2.24, 2.45) is 0 Å². The first kappa shape index (κ1) is 13.9. The van der Waals surface area contributed by atoms with E-state index in [-0.39, 0.29) is 6.54 Å². The van der Waals surface area contributed by atoms with Gasteiger partial charge in [-0.05, 0) is 17.7 Å². The molecule has 6 nitrogen and oxygen atoms in total. The standard InChI is InChI=1S/C13H13FN2O4/c1-19-9-3-8(4-10(5-9)20-2)6-16-7-11(14)12(17)15-13(16)18/h3-5,7H,6H2,1-2H3,(H,15,17,18). The molecular weight excluding hydrogens is 267 g/mol. The Morgan fingerprint density at radius 3 is 2.30 bits per heavy atom. The van der Waals surface area contributed by atoms with Crippen molar-refractivity contribution < 1.29 is 13.9 Å². The van der Waals surface area contributed by atoms with Crippen molar-refractivity contribution >= 4 is 0 Å². The lowest BCUT2D eigenvalue weighted by Crippen LogP contribution is -2.31. The molecule has 0 aliphatic heterocycles. The Hall–Kier alpha value is -2.57.